The van der Waals surface area contributed by atoms with E-state index in [1.54, 1.807) is 36.7 Å². The smallest absolute Gasteiger partial charge is 0.319 e. The Kier molecular flexibility index (Phi) is 4.34. The summed E-state index contributed by atoms with van der Waals surface area (Å²) in [6.45, 7) is 0.568. The summed E-state index contributed by atoms with van der Waals surface area (Å²) in [5.74, 6) is 0. The molecule has 4 N–H and O–H groups in total. The van der Waals surface area contributed by atoms with E-state index in [1.165, 1.54) is 0 Å². The second-order valence-corrected chi connectivity index (χ2v) is 4.11. The molecule has 1 heterocycles. The number of carbonyl (C=O) groups excluding carboxylic acids is 1. The summed E-state index contributed by atoms with van der Waals surface area (Å²) in [6, 6.07) is 10.7. The highest BCUT2D eigenvalue weighted by molar-refractivity contribution is 5.89. The van der Waals surface area contributed by atoms with Gasteiger partial charge in [-0.05, 0) is 42.3 Å². The zero-order valence-electron chi connectivity index (χ0n) is 10.5. The van der Waals surface area contributed by atoms with E-state index in [2.05, 4.69) is 15.6 Å². The molecule has 0 fully saturated rings. The van der Waals surface area contributed by atoms with Crippen LogP contribution in [0.25, 0.3) is 0 Å². The summed E-state index contributed by atoms with van der Waals surface area (Å²) < 4.78 is 0. The molecule has 0 aliphatic carbocycles. The van der Waals surface area contributed by atoms with Crippen LogP contribution in [0.2, 0.25) is 0 Å². The number of carbonyl (C=O) groups is 1. The first-order valence-electron chi connectivity index (χ1n) is 6.03. The van der Waals surface area contributed by atoms with Gasteiger partial charge in [-0.2, -0.15) is 0 Å². The molecule has 19 heavy (non-hydrogen) atoms. The lowest BCUT2D eigenvalue weighted by Crippen LogP contribution is -2.30. The summed E-state index contributed by atoms with van der Waals surface area (Å²) in [4.78, 5) is 15.6. The summed E-state index contributed by atoms with van der Waals surface area (Å²) >= 11 is 0. The molecular formula is C14H16N4O. The van der Waals surface area contributed by atoms with E-state index < -0.39 is 0 Å². The van der Waals surface area contributed by atoms with Crippen LogP contribution in [-0.2, 0) is 6.42 Å². The summed E-state index contributed by atoms with van der Waals surface area (Å²) in [6.07, 6.45) is 4.25. The lowest BCUT2D eigenvalue weighted by Gasteiger charge is -2.08. The van der Waals surface area contributed by atoms with Crippen molar-refractivity contribution in [2.75, 3.05) is 17.6 Å². The molecule has 98 valence electrons. The minimum absolute atomic E-state index is 0.236. The van der Waals surface area contributed by atoms with Gasteiger partial charge in [0.2, 0.25) is 0 Å². The van der Waals surface area contributed by atoms with Gasteiger partial charge in [0.15, 0.2) is 0 Å². The molecule has 0 spiro atoms. The number of nitrogen functional groups attached to an aromatic ring is 1. The van der Waals surface area contributed by atoms with Crippen molar-refractivity contribution in [3.63, 3.8) is 0 Å². The molecular weight excluding hydrogens is 240 g/mol. The second-order valence-electron chi connectivity index (χ2n) is 4.11. The number of amides is 2. The van der Waals surface area contributed by atoms with Crippen LogP contribution in [0.15, 0.2) is 48.8 Å². The largest absolute Gasteiger partial charge is 0.399 e. The van der Waals surface area contributed by atoms with E-state index >= 15 is 0 Å². The summed E-state index contributed by atoms with van der Waals surface area (Å²) in [5, 5.41) is 5.51. The molecule has 0 aliphatic heterocycles. The molecule has 1 aromatic carbocycles. The van der Waals surface area contributed by atoms with Crippen molar-refractivity contribution >= 4 is 17.4 Å². The maximum atomic E-state index is 11.6. The lowest BCUT2D eigenvalue weighted by molar-refractivity contribution is 0.252. The van der Waals surface area contributed by atoms with Gasteiger partial charge >= 0.3 is 6.03 Å². The van der Waals surface area contributed by atoms with Crippen LogP contribution in [0.4, 0.5) is 16.2 Å². The molecule has 0 saturated carbocycles. The first kappa shape index (κ1) is 12.9. The van der Waals surface area contributed by atoms with E-state index in [9.17, 15) is 4.79 Å². The van der Waals surface area contributed by atoms with Gasteiger partial charge < -0.3 is 16.4 Å². The van der Waals surface area contributed by atoms with E-state index in [4.69, 9.17) is 5.73 Å². The van der Waals surface area contributed by atoms with E-state index in [-0.39, 0.29) is 6.03 Å². The van der Waals surface area contributed by atoms with E-state index in [1.807, 2.05) is 12.1 Å². The molecule has 1 aromatic heterocycles. The van der Waals surface area contributed by atoms with Crippen molar-refractivity contribution in [1.82, 2.24) is 10.3 Å². The van der Waals surface area contributed by atoms with Crippen LogP contribution < -0.4 is 16.4 Å². The predicted octanol–water partition coefficient (Wildman–Crippen LogP) is 2.03. The molecule has 0 radical (unpaired) electrons. The van der Waals surface area contributed by atoms with Gasteiger partial charge in [0.25, 0.3) is 0 Å². The van der Waals surface area contributed by atoms with Gasteiger partial charge in [-0.3, -0.25) is 4.98 Å². The third-order valence-electron chi connectivity index (χ3n) is 2.59. The minimum atomic E-state index is -0.236. The number of benzene rings is 1. The zero-order valence-corrected chi connectivity index (χ0v) is 10.5. The van der Waals surface area contributed by atoms with E-state index in [0.717, 1.165) is 12.0 Å². The van der Waals surface area contributed by atoms with Gasteiger partial charge in [0, 0.05) is 30.3 Å². The normalized spacial score (nSPS) is 9.89. The number of pyridine rings is 1. The third-order valence-corrected chi connectivity index (χ3v) is 2.59. The fourth-order valence-electron chi connectivity index (χ4n) is 1.66. The second kappa shape index (κ2) is 6.39. The SMILES string of the molecule is Nc1cccc(NC(=O)NCCc2ccncc2)c1. The molecule has 2 aromatic rings. The molecule has 0 bridgehead atoms. The number of nitrogens with zero attached hydrogens (tertiary/aromatic N) is 1. The van der Waals surface area contributed by atoms with Crippen LogP contribution in [-0.4, -0.2) is 17.6 Å². The summed E-state index contributed by atoms with van der Waals surface area (Å²) in [5.41, 5.74) is 8.07. The standard InChI is InChI=1S/C14H16N4O/c15-12-2-1-3-13(10-12)18-14(19)17-9-6-11-4-7-16-8-5-11/h1-5,7-8,10H,6,9,15H2,(H2,17,18,19). The average Bonchev–Trinajstić information content (AvgIpc) is 2.40. The van der Waals surface area contributed by atoms with Crippen LogP contribution in [0.3, 0.4) is 0 Å². The Morgan fingerprint density at radius 1 is 1.21 bits per heavy atom. The van der Waals surface area contributed by atoms with Crippen LogP contribution in [0.5, 0.6) is 0 Å². The van der Waals surface area contributed by atoms with Crippen molar-refractivity contribution < 1.29 is 4.79 Å². The highest BCUT2D eigenvalue weighted by atomic mass is 16.2. The van der Waals surface area contributed by atoms with Gasteiger partial charge in [0.1, 0.15) is 0 Å². The number of anilines is 2. The molecule has 2 rings (SSSR count). The maximum Gasteiger partial charge on any atom is 0.319 e. The Bertz CT molecular complexity index is 542. The highest BCUT2D eigenvalue weighted by Crippen LogP contribution is 2.11. The third kappa shape index (κ3) is 4.31. The lowest BCUT2D eigenvalue weighted by atomic mass is 10.2. The average molecular weight is 256 g/mol. The number of aromatic nitrogens is 1. The Morgan fingerprint density at radius 2 is 2.00 bits per heavy atom. The molecule has 0 saturated heterocycles. The van der Waals surface area contributed by atoms with Crippen molar-refractivity contribution in [1.29, 1.82) is 0 Å². The van der Waals surface area contributed by atoms with Crippen molar-refractivity contribution in [3.05, 3.63) is 54.4 Å². The van der Waals surface area contributed by atoms with Crippen LogP contribution in [0.1, 0.15) is 5.56 Å². The quantitative estimate of drug-likeness (QED) is 0.732. The molecule has 0 aliphatic rings. The molecule has 5 nitrogen and oxygen atoms in total. The van der Waals surface area contributed by atoms with Crippen LogP contribution >= 0.6 is 0 Å². The number of urea groups is 1. The predicted molar refractivity (Wildman–Crippen MR) is 75.8 cm³/mol. The van der Waals surface area contributed by atoms with Crippen molar-refractivity contribution in [2.45, 2.75) is 6.42 Å². The summed E-state index contributed by atoms with van der Waals surface area (Å²) in [7, 11) is 0. The number of rotatable bonds is 4. The molecule has 0 unspecified atom stereocenters. The van der Waals surface area contributed by atoms with Crippen molar-refractivity contribution in [3.8, 4) is 0 Å². The maximum absolute atomic E-state index is 11.6. The first-order chi connectivity index (χ1) is 9.24. The van der Waals surface area contributed by atoms with Crippen LogP contribution in [0, 0.1) is 0 Å². The molecule has 0 atom stereocenters. The molecule has 2 amide bonds. The number of hydrogen-bond acceptors (Lipinski definition) is 3. The minimum Gasteiger partial charge on any atom is -0.399 e. The van der Waals surface area contributed by atoms with Crippen molar-refractivity contribution in [2.24, 2.45) is 0 Å². The van der Waals surface area contributed by atoms with Gasteiger partial charge in [0.05, 0.1) is 0 Å². The highest BCUT2D eigenvalue weighted by Gasteiger charge is 2.01. The monoisotopic (exact) mass is 256 g/mol. The Labute approximate surface area is 111 Å². The van der Waals surface area contributed by atoms with E-state index in [0.29, 0.717) is 17.9 Å². The zero-order chi connectivity index (χ0) is 13.5. The van der Waals surface area contributed by atoms with Gasteiger partial charge in [-0.15, -0.1) is 0 Å². The Morgan fingerprint density at radius 3 is 2.74 bits per heavy atom. The molecule has 5 heteroatoms. The van der Waals surface area contributed by atoms with Gasteiger partial charge in [-0.25, -0.2) is 4.79 Å². The number of hydrogen-bond donors (Lipinski definition) is 3. The number of nitrogens with one attached hydrogen (secondary N) is 2. The Balaban J connectivity index is 1.76. The fraction of sp³-hybridized carbons (Fsp3) is 0.143. The van der Waals surface area contributed by atoms with Gasteiger partial charge in [-0.1, -0.05) is 6.07 Å². The topological polar surface area (TPSA) is 80.0 Å². The Hall–Kier alpha value is -2.56. The fourth-order valence-corrected chi connectivity index (χ4v) is 1.66. The first-order valence-corrected chi connectivity index (χ1v) is 6.03. The number of nitrogens with two attached hydrogens (primary N) is 1.